The van der Waals surface area contributed by atoms with E-state index >= 15 is 0 Å². The van der Waals surface area contributed by atoms with Crippen LogP contribution in [0.25, 0.3) is 11.0 Å². The third-order valence-electron chi connectivity index (χ3n) is 6.56. The topological polar surface area (TPSA) is 82.1 Å². The number of furan rings is 1. The monoisotopic (exact) mass is 501 g/mol. The number of benzene rings is 2. The van der Waals surface area contributed by atoms with Gasteiger partial charge in [-0.05, 0) is 68.1 Å². The van der Waals surface area contributed by atoms with Gasteiger partial charge in [0.15, 0.2) is 16.9 Å². The first-order chi connectivity index (χ1) is 17.9. The normalized spacial score (nSPS) is 15.0. The number of fused-ring (bicyclic) bond motifs is 2. The Balaban J connectivity index is 1.64. The molecular formula is C30H31NO6. The molecule has 0 bridgehead atoms. The number of rotatable bonds is 9. The number of nitrogens with zero attached hydrogens (tertiary/aromatic N) is 1. The van der Waals surface area contributed by atoms with Crippen molar-refractivity contribution >= 4 is 16.9 Å². The third kappa shape index (κ3) is 4.73. The Bertz CT molecular complexity index is 1480. The molecule has 2 aromatic heterocycles. The van der Waals surface area contributed by atoms with E-state index in [1.54, 1.807) is 35.4 Å². The number of carbonyl (C=O) groups excluding carboxylic acids is 1. The maximum atomic E-state index is 13.8. The maximum Gasteiger partial charge on any atom is 0.291 e. The average Bonchev–Trinajstić information content (AvgIpc) is 3.48. The molecule has 1 unspecified atom stereocenters. The molecule has 0 spiro atoms. The van der Waals surface area contributed by atoms with E-state index in [0.29, 0.717) is 52.9 Å². The molecule has 1 amide bonds. The number of amides is 1. The van der Waals surface area contributed by atoms with Crippen LogP contribution in [0.4, 0.5) is 0 Å². The molecule has 1 aliphatic rings. The van der Waals surface area contributed by atoms with Crippen molar-refractivity contribution in [2.45, 2.75) is 46.7 Å². The van der Waals surface area contributed by atoms with Crippen LogP contribution in [0.2, 0.25) is 0 Å². The van der Waals surface area contributed by atoms with E-state index in [4.69, 9.17) is 18.3 Å². The SMILES string of the molecule is CCOc1cc(C2c3c(oc4ccc(C)cc4c3=O)C(=O)N2Cc2ccco2)ccc1OCCC(C)C. The minimum Gasteiger partial charge on any atom is -0.490 e. The molecule has 3 heterocycles. The quantitative estimate of drug-likeness (QED) is 0.269. The Kier molecular flexibility index (Phi) is 6.78. The summed E-state index contributed by atoms with van der Waals surface area (Å²) in [5, 5.41) is 0.454. The summed E-state index contributed by atoms with van der Waals surface area (Å²) in [6.45, 7) is 9.33. The molecule has 1 aliphatic heterocycles. The van der Waals surface area contributed by atoms with Crippen molar-refractivity contribution in [3.8, 4) is 11.5 Å². The van der Waals surface area contributed by atoms with Crippen LogP contribution in [0.1, 0.15) is 66.2 Å². The standard InChI is InChI=1S/C30H31NO6/c1-5-34-25-16-20(9-11-24(25)36-14-12-18(2)3)27-26-28(32)22-15-19(4)8-10-23(22)37-29(26)30(33)31(27)17-21-7-6-13-35-21/h6-11,13,15-16,18,27H,5,12,14,17H2,1-4H3. The summed E-state index contributed by atoms with van der Waals surface area (Å²) in [5.74, 6) is 2.04. The van der Waals surface area contributed by atoms with Gasteiger partial charge in [0.25, 0.3) is 5.91 Å². The molecular weight excluding hydrogens is 470 g/mol. The first-order valence-electron chi connectivity index (χ1n) is 12.7. The lowest BCUT2D eigenvalue weighted by Gasteiger charge is -2.25. The first kappa shape index (κ1) is 24.7. The lowest BCUT2D eigenvalue weighted by atomic mass is 9.97. The van der Waals surface area contributed by atoms with Gasteiger partial charge in [0.05, 0.1) is 43.0 Å². The van der Waals surface area contributed by atoms with Gasteiger partial charge in [-0.2, -0.15) is 0 Å². The second-order valence-corrected chi connectivity index (χ2v) is 9.76. The zero-order valence-electron chi connectivity index (χ0n) is 21.6. The Labute approximate surface area is 215 Å². The lowest BCUT2D eigenvalue weighted by molar-refractivity contribution is 0.0701. The third-order valence-corrected chi connectivity index (χ3v) is 6.56. The first-order valence-corrected chi connectivity index (χ1v) is 12.7. The van der Waals surface area contributed by atoms with Crippen LogP contribution in [0, 0.1) is 12.8 Å². The Morgan fingerprint density at radius 1 is 1.03 bits per heavy atom. The van der Waals surface area contributed by atoms with E-state index in [1.165, 1.54) is 0 Å². The molecule has 0 saturated heterocycles. The predicted molar refractivity (Wildman–Crippen MR) is 140 cm³/mol. The summed E-state index contributed by atoms with van der Waals surface area (Å²) in [4.78, 5) is 29.1. The minimum atomic E-state index is -0.669. The van der Waals surface area contributed by atoms with Crippen LogP contribution < -0.4 is 14.9 Å². The zero-order chi connectivity index (χ0) is 26.1. The molecule has 0 N–H and O–H groups in total. The Morgan fingerprint density at radius 3 is 2.59 bits per heavy atom. The zero-order valence-corrected chi connectivity index (χ0v) is 21.6. The maximum absolute atomic E-state index is 13.8. The van der Waals surface area contributed by atoms with Crippen molar-refractivity contribution in [3.05, 3.63) is 93.2 Å². The highest BCUT2D eigenvalue weighted by Gasteiger charge is 2.43. The second-order valence-electron chi connectivity index (χ2n) is 9.76. The van der Waals surface area contributed by atoms with Gasteiger partial charge in [0, 0.05) is 0 Å². The van der Waals surface area contributed by atoms with E-state index in [0.717, 1.165) is 17.5 Å². The molecule has 0 saturated carbocycles. The van der Waals surface area contributed by atoms with Crippen LogP contribution in [-0.4, -0.2) is 24.0 Å². The van der Waals surface area contributed by atoms with E-state index in [1.807, 2.05) is 38.1 Å². The Morgan fingerprint density at radius 2 is 1.86 bits per heavy atom. The average molecular weight is 502 g/mol. The van der Waals surface area contributed by atoms with E-state index in [-0.39, 0.29) is 23.6 Å². The van der Waals surface area contributed by atoms with Crippen LogP contribution in [0.3, 0.4) is 0 Å². The van der Waals surface area contributed by atoms with Crippen molar-refractivity contribution < 1.29 is 23.1 Å². The molecule has 7 heteroatoms. The van der Waals surface area contributed by atoms with Crippen molar-refractivity contribution in [2.75, 3.05) is 13.2 Å². The van der Waals surface area contributed by atoms with Crippen LogP contribution in [0.15, 0.2) is 68.4 Å². The smallest absolute Gasteiger partial charge is 0.291 e. The fourth-order valence-corrected chi connectivity index (χ4v) is 4.70. The summed E-state index contributed by atoms with van der Waals surface area (Å²) in [7, 11) is 0. The number of hydrogen-bond donors (Lipinski definition) is 0. The highest BCUT2D eigenvalue weighted by Crippen LogP contribution is 2.42. The molecule has 0 fully saturated rings. The van der Waals surface area contributed by atoms with E-state index in [2.05, 4.69) is 13.8 Å². The van der Waals surface area contributed by atoms with Crippen molar-refractivity contribution in [1.29, 1.82) is 0 Å². The van der Waals surface area contributed by atoms with Gasteiger partial charge in [-0.15, -0.1) is 0 Å². The summed E-state index contributed by atoms with van der Waals surface area (Å²) in [6, 6.07) is 13.9. The molecule has 0 aliphatic carbocycles. The largest absolute Gasteiger partial charge is 0.490 e. The van der Waals surface area contributed by atoms with Crippen LogP contribution in [-0.2, 0) is 6.54 Å². The number of aryl methyl sites for hydroxylation is 1. The van der Waals surface area contributed by atoms with Crippen LogP contribution >= 0.6 is 0 Å². The fraction of sp³-hybridized carbons (Fsp3) is 0.333. The fourth-order valence-electron chi connectivity index (χ4n) is 4.70. The molecule has 7 nitrogen and oxygen atoms in total. The van der Waals surface area contributed by atoms with Gasteiger partial charge in [-0.25, -0.2) is 0 Å². The van der Waals surface area contributed by atoms with Gasteiger partial charge in [-0.3, -0.25) is 9.59 Å². The second kappa shape index (κ2) is 10.2. The number of hydrogen-bond acceptors (Lipinski definition) is 6. The molecule has 4 aromatic rings. The molecule has 192 valence electrons. The molecule has 37 heavy (non-hydrogen) atoms. The van der Waals surface area contributed by atoms with Crippen molar-refractivity contribution in [1.82, 2.24) is 4.90 Å². The summed E-state index contributed by atoms with van der Waals surface area (Å²) in [5.41, 5.74) is 2.18. The number of ether oxygens (including phenoxy) is 2. The van der Waals surface area contributed by atoms with Crippen LogP contribution in [0.5, 0.6) is 11.5 Å². The summed E-state index contributed by atoms with van der Waals surface area (Å²) in [6.07, 6.45) is 2.48. The van der Waals surface area contributed by atoms with Crippen molar-refractivity contribution in [3.63, 3.8) is 0 Å². The van der Waals surface area contributed by atoms with Gasteiger partial charge in [0.2, 0.25) is 5.76 Å². The van der Waals surface area contributed by atoms with Gasteiger partial charge in [-0.1, -0.05) is 31.5 Å². The van der Waals surface area contributed by atoms with E-state index in [9.17, 15) is 9.59 Å². The van der Waals surface area contributed by atoms with Gasteiger partial charge >= 0.3 is 0 Å². The predicted octanol–water partition coefficient (Wildman–Crippen LogP) is 6.26. The highest BCUT2D eigenvalue weighted by molar-refractivity contribution is 5.99. The van der Waals surface area contributed by atoms with Gasteiger partial charge in [0.1, 0.15) is 11.3 Å². The number of carbonyl (C=O) groups is 1. The van der Waals surface area contributed by atoms with Crippen molar-refractivity contribution in [2.24, 2.45) is 5.92 Å². The summed E-state index contributed by atoms with van der Waals surface area (Å²) >= 11 is 0. The molecule has 1 atom stereocenters. The highest BCUT2D eigenvalue weighted by atomic mass is 16.5. The van der Waals surface area contributed by atoms with E-state index < -0.39 is 6.04 Å². The molecule has 2 aromatic carbocycles. The lowest BCUT2D eigenvalue weighted by Crippen LogP contribution is -2.29. The Hall–Kier alpha value is -4.00. The molecule has 5 rings (SSSR count). The summed E-state index contributed by atoms with van der Waals surface area (Å²) < 4.78 is 23.5. The van der Waals surface area contributed by atoms with Gasteiger partial charge < -0.3 is 23.2 Å². The molecule has 0 radical (unpaired) electrons. The minimum absolute atomic E-state index is 0.0631.